The normalized spacial score (nSPS) is 15.1. The fraction of sp³-hybridized carbons (Fsp3) is 0.360. The number of methoxy groups -OCH3 is 1. The summed E-state index contributed by atoms with van der Waals surface area (Å²) in [5.41, 5.74) is 3.90. The monoisotopic (exact) mass is 525 g/mol. The SMILES string of the molecule is COc1cc(N2CCOCC2)ccc1Nc1nc2c(c(Nc3ccccc3N(C)S(C)(=O)=O)n1)CCN2. The lowest BCUT2D eigenvalue weighted by molar-refractivity contribution is 0.122. The number of fused-ring (bicyclic) bond motifs is 1. The van der Waals surface area contributed by atoms with E-state index in [1.54, 1.807) is 19.2 Å². The Morgan fingerprint density at radius 2 is 1.86 bits per heavy atom. The van der Waals surface area contributed by atoms with E-state index in [-0.39, 0.29) is 0 Å². The van der Waals surface area contributed by atoms with Gasteiger partial charge in [0.2, 0.25) is 16.0 Å². The smallest absolute Gasteiger partial charge is 0.232 e. The van der Waals surface area contributed by atoms with Gasteiger partial charge in [0.05, 0.1) is 43.6 Å². The molecule has 5 rings (SSSR count). The molecule has 196 valence electrons. The number of benzene rings is 2. The molecule has 2 aliphatic rings. The Morgan fingerprint density at radius 1 is 1.08 bits per heavy atom. The highest BCUT2D eigenvalue weighted by Gasteiger charge is 2.22. The number of nitrogens with one attached hydrogen (secondary N) is 3. The molecule has 3 N–H and O–H groups in total. The highest BCUT2D eigenvalue weighted by atomic mass is 32.2. The summed E-state index contributed by atoms with van der Waals surface area (Å²) in [5.74, 6) is 2.41. The van der Waals surface area contributed by atoms with Crippen LogP contribution in [0.5, 0.6) is 5.75 Å². The number of sulfonamides is 1. The van der Waals surface area contributed by atoms with E-state index in [0.717, 1.165) is 48.8 Å². The van der Waals surface area contributed by atoms with Crippen LogP contribution in [0.25, 0.3) is 0 Å². The lowest BCUT2D eigenvalue weighted by Gasteiger charge is -2.29. The number of ether oxygens (including phenoxy) is 2. The van der Waals surface area contributed by atoms with Crippen molar-refractivity contribution in [2.75, 3.05) is 78.4 Å². The highest BCUT2D eigenvalue weighted by Crippen LogP contribution is 2.36. The van der Waals surface area contributed by atoms with E-state index in [9.17, 15) is 8.42 Å². The minimum atomic E-state index is -3.44. The molecule has 0 spiro atoms. The van der Waals surface area contributed by atoms with E-state index in [2.05, 4.69) is 25.8 Å². The van der Waals surface area contributed by atoms with Gasteiger partial charge in [-0.2, -0.15) is 9.97 Å². The molecule has 2 aromatic carbocycles. The summed E-state index contributed by atoms with van der Waals surface area (Å²) in [6, 6.07) is 13.2. The quantitative estimate of drug-likeness (QED) is 0.404. The van der Waals surface area contributed by atoms with Gasteiger partial charge in [0.1, 0.15) is 17.4 Å². The summed E-state index contributed by atoms with van der Waals surface area (Å²) >= 11 is 0. The van der Waals surface area contributed by atoms with Crippen LogP contribution in [0.1, 0.15) is 5.56 Å². The van der Waals surface area contributed by atoms with Crippen LogP contribution >= 0.6 is 0 Å². The zero-order chi connectivity index (χ0) is 26.0. The van der Waals surface area contributed by atoms with Gasteiger partial charge in [-0.05, 0) is 30.7 Å². The largest absolute Gasteiger partial charge is 0.494 e. The summed E-state index contributed by atoms with van der Waals surface area (Å²) < 4.78 is 36.8. The molecule has 0 saturated carbocycles. The van der Waals surface area contributed by atoms with E-state index in [1.165, 1.54) is 17.6 Å². The first-order valence-corrected chi connectivity index (χ1v) is 13.9. The van der Waals surface area contributed by atoms with E-state index in [4.69, 9.17) is 14.5 Å². The number of rotatable bonds is 8. The summed E-state index contributed by atoms with van der Waals surface area (Å²) in [6.45, 7) is 3.82. The first-order chi connectivity index (χ1) is 17.8. The maximum absolute atomic E-state index is 12.2. The Labute approximate surface area is 216 Å². The fourth-order valence-electron chi connectivity index (χ4n) is 4.41. The van der Waals surface area contributed by atoms with E-state index in [1.807, 2.05) is 30.3 Å². The maximum atomic E-state index is 12.2. The van der Waals surface area contributed by atoms with Gasteiger partial charge in [0, 0.05) is 44.0 Å². The molecule has 0 aliphatic carbocycles. The number of hydrogen-bond acceptors (Lipinski definition) is 10. The molecule has 37 heavy (non-hydrogen) atoms. The molecule has 3 heterocycles. The third kappa shape index (κ3) is 5.35. The Bertz CT molecular complexity index is 1390. The number of morpholine rings is 1. The van der Waals surface area contributed by atoms with E-state index >= 15 is 0 Å². The zero-order valence-electron chi connectivity index (χ0n) is 21.1. The van der Waals surface area contributed by atoms with Gasteiger partial charge in [-0.15, -0.1) is 0 Å². The average molecular weight is 526 g/mol. The van der Waals surface area contributed by atoms with E-state index < -0.39 is 10.0 Å². The van der Waals surface area contributed by atoms with Gasteiger partial charge in [-0.3, -0.25) is 4.31 Å². The molecule has 1 aromatic heterocycles. The fourth-order valence-corrected chi connectivity index (χ4v) is 4.93. The minimum absolute atomic E-state index is 0.391. The van der Waals surface area contributed by atoms with Crippen molar-refractivity contribution in [3.8, 4) is 5.75 Å². The molecular formula is C25H31N7O4S. The molecule has 12 heteroatoms. The molecule has 0 bridgehead atoms. The molecule has 0 radical (unpaired) electrons. The van der Waals surface area contributed by atoms with Crippen LogP contribution in [0.15, 0.2) is 42.5 Å². The van der Waals surface area contributed by atoms with Crippen molar-refractivity contribution in [1.82, 2.24) is 9.97 Å². The predicted octanol–water partition coefficient (Wildman–Crippen LogP) is 3.17. The Balaban J connectivity index is 1.45. The lowest BCUT2D eigenvalue weighted by atomic mass is 10.2. The number of hydrogen-bond donors (Lipinski definition) is 3. The standard InChI is InChI=1S/C25H31N7O4S/c1-31(37(3,33)34)21-7-5-4-6-19(21)27-24-18-10-11-26-23(18)29-25(30-24)28-20-9-8-17(16-22(20)35-2)32-12-14-36-15-13-32/h4-9,16H,10-15H2,1-3H3,(H3,26,27,28,29,30). The third-order valence-corrected chi connectivity index (χ3v) is 7.67. The molecular weight excluding hydrogens is 494 g/mol. The van der Waals surface area contributed by atoms with Crippen molar-refractivity contribution in [3.63, 3.8) is 0 Å². The lowest BCUT2D eigenvalue weighted by Crippen LogP contribution is -2.36. The van der Waals surface area contributed by atoms with Crippen molar-refractivity contribution in [2.24, 2.45) is 0 Å². The van der Waals surface area contributed by atoms with Crippen LogP contribution in [0.4, 0.5) is 40.3 Å². The summed E-state index contributed by atoms with van der Waals surface area (Å²) in [5, 5.41) is 9.95. The highest BCUT2D eigenvalue weighted by molar-refractivity contribution is 7.92. The number of nitrogens with zero attached hydrogens (tertiary/aromatic N) is 4. The molecule has 0 amide bonds. The van der Waals surface area contributed by atoms with Crippen LogP contribution in [0.2, 0.25) is 0 Å². The zero-order valence-corrected chi connectivity index (χ0v) is 21.9. The van der Waals surface area contributed by atoms with Crippen LogP contribution in [0.3, 0.4) is 0 Å². The first kappa shape index (κ1) is 24.9. The molecule has 1 fully saturated rings. The topological polar surface area (TPSA) is 121 Å². The van der Waals surface area contributed by atoms with Crippen molar-refractivity contribution in [2.45, 2.75) is 6.42 Å². The second-order valence-electron chi connectivity index (χ2n) is 8.88. The average Bonchev–Trinajstić information content (AvgIpc) is 3.38. The molecule has 0 unspecified atom stereocenters. The van der Waals surface area contributed by atoms with Crippen molar-refractivity contribution in [3.05, 3.63) is 48.0 Å². The third-order valence-electron chi connectivity index (χ3n) is 6.48. The molecule has 3 aromatic rings. The van der Waals surface area contributed by atoms with Gasteiger partial charge >= 0.3 is 0 Å². The Hall–Kier alpha value is -3.77. The first-order valence-electron chi connectivity index (χ1n) is 12.1. The predicted molar refractivity (Wildman–Crippen MR) is 147 cm³/mol. The van der Waals surface area contributed by atoms with Crippen LogP contribution < -0.4 is 29.9 Å². The Kier molecular flexibility index (Phi) is 6.94. The summed E-state index contributed by atoms with van der Waals surface area (Å²) in [7, 11) is -0.274. The van der Waals surface area contributed by atoms with E-state index in [0.29, 0.717) is 42.1 Å². The van der Waals surface area contributed by atoms with Crippen molar-refractivity contribution >= 4 is 50.4 Å². The number of anilines is 7. The van der Waals surface area contributed by atoms with Crippen LogP contribution in [0, 0.1) is 0 Å². The van der Waals surface area contributed by atoms with Gasteiger partial charge in [0.15, 0.2) is 0 Å². The summed E-state index contributed by atoms with van der Waals surface area (Å²) in [6.07, 6.45) is 1.93. The van der Waals surface area contributed by atoms with Crippen LogP contribution in [-0.4, -0.2) is 71.6 Å². The minimum Gasteiger partial charge on any atom is -0.494 e. The Morgan fingerprint density at radius 3 is 2.62 bits per heavy atom. The second kappa shape index (κ2) is 10.3. The van der Waals surface area contributed by atoms with Gasteiger partial charge in [0.25, 0.3) is 0 Å². The molecule has 1 saturated heterocycles. The second-order valence-corrected chi connectivity index (χ2v) is 10.9. The van der Waals surface area contributed by atoms with Crippen molar-refractivity contribution < 1.29 is 17.9 Å². The number of aromatic nitrogens is 2. The van der Waals surface area contributed by atoms with Gasteiger partial charge in [-0.25, -0.2) is 8.42 Å². The van der Waals surface area contributed by atoms with Crippen molar-refractivity contribution in [1.29, 1.82) is 0 Å². The van der Waals surface area contributed by atoms with Crippen LogP contribution in [-0.2, 0) is 21.2 Å². The van der Waals surface area contributed by atoms with Gasteiger partial charge in [-0.1, -0.05) is 12.1 Å². The summed E-state index contributed by atoms with van der Waals surface area (Å²) in [4.78, 5) is 11.7. The molecule has 11 nitrogen and oxygen atoms in total. The number of para-hydroxylation sites is 2. The molecule has 2 aliphatic heterocycles. The maximum Gasteiger partial charge on any atom is 0.232 e. The molecule has 0 atom stereocenters. The van der Waals surface area contributed by atoms with Gasteiger partial charge < -0.3 is 30.3 Å².